The molecule has 142 valence electrons. The van der Waals surface area contributed by atoms with E-state index in [0.29, 0.717) is 56.0 Å². The summed E-state index contributed by atoms with van der Waals surface area (Å²) in [5.41, 5.74) is 1.92. The van der Waals surface area contributed by atoms with E-state index in [2.05, 4.69) is 15.3 Å². The van der Waals surface area contributed by atoms with E-state index in [1.165, 1.54) is 12.1 Å². The fourth-order valence-corrected chi connectivity index (χ4v) is 3.27. The van der Waals surface area contributed by atoms with Crippen LogP contribution in [0.2, 0.25) is 0 Å². The van der Waals surface area contributed by atoms with Crippen molar-refractivity contribution in [2.24, 2.45) is 0 Å². The first-order chi connectivity index (χ1) is 13.0. The van der Waals surface area contributed by atoms with Crippen molar-refractivity contribution in [2.75, 3.05) is 36.5 Å². The monoisotopic (exact) mass is 371 g/mol. The second-order valence-electron chi connectivity index (χ2n) is 6.96. The molecule has 1 fully saturated rings. The standard InChI is InChI=1S/C19H22FN5O2/c1-12(2)25-11-15-16(18(25)26)22-19(24-7-9-27-10-8-24)23-17(15)21-14-5-3-13(20)4-6-14/h3-6,12H,7-11H2,1-2H3,(H,21,22,23). The van der Waals surface area contributed by atoms with Crippen molar-refractivity contribution in [3.8, 4) is 0 Å². The molecule has 2 aliphatic heterocycles. The molecule has 0 unspecified atom stereocenters. The van der Waals surface area contributed by atoms with Crippen LogP contribution in [0.25, 0.3) is 0 Å². The van der Waals surface area contributed by atoms with Crippen molar-refractivity contribution in [3.63, 3.8) is 0 Å². The number of ether oxygens (including phenoxy) is 1. The Balaban J connectivity index is 1.74. The second kappa shape index (κ2) is 7.11. The Morgan fingerprint density at radius 1 is 1.15 bits per heavy atom. The third kappa shape index (κ3) is 3.44. The van der Waals surface area contributed by atoms with E-state index in [1.807, 2.05) is 18.7 Å². The van der Waals surface area contributed by atoms with Crippen LogP contribution in [0.3, 0.4) is 0 Å². The predicted molar refractivity (Wildman–Crippen MR) is 99.8 cm³/mol. The van der Waals surface area contributed by atoms with Gasteiger partial charge < -0.3 is 19.9 Å². The normalized spacial score (nSPS) is 16.8. The third-order valence-corrected chi connectivity index (χ3v) is 4.81. The topological polar surface area (TPSA) is 70.6 Å². The Morgan fingerprint density at radius 3 is 2.52 bits per heavy atom. The largest absolute Gasteiger partial charge is 0.378 e. The van der Waals surface area contributed by atoms with Crippen LogP contribution in [0.5, 0.6) is 0 Å². The average molecular weight is 371 g/mol. The fourth-order valence-electron chi connectivity index (χ4n) is 3.27. The number of aromatic nitrogens is 2. The van der Waals surface area contributed by atoms with Crippen LogP contribution in [0, 0.1) is 5.82 Å². The molecule has 0 saturated carbocycles. The van der Waals surface area contributed by atoms with Crippen molar-refractivity contribution in [1.29, 1.82) is 0 Å². The molecule has 0 aliphatic carbocycles. The van der Waals surface area contributed by atoms with Crippen LogP contribution in [0.15, 0.2) is 24.3 Å². The van der Waals surface area contributed by atoms with Crippen LogP contribution in [0.1, 0.15) is 29.9 Å². The minimum absolute atomic E-state index is 0.0669. The molecule has 8 heteroatoms. The summed E-state index contributed by atoms with van der Waals surface area (Å²) in [6.45, 7) is 6.98. The molecule has 1 N–H and O–H groups in total. The number of nitrogens with one attached hydrogen (secondary N) is 1. The molecule has 1 saturated heterocycles. The Labute approximate surface area is 157 Å². The molecule has 1 aromatic carbocycles. The van der Waals surface area contributed by atoms with Gasteiger partial charge >= 0.3 is 0 Å². The van der Waals surface area contributed by atoms with Crippen LogP contribution < -0.4 is 10.2 Å². The van der Waals surface area contributed by atoms with Gasteiger partial charge in [-0.2, -0.15) is 4.98 Å². The number of hydrogen-bond donors (Lipinski definition) is 1. The summed E-state index contributed by atoms with van der Waals surface area (Å²) in [6, 6.07) is 6.14. The number of carbonyl (C=O) groups is 1. The van der Waals surface area contributed by atoms with Crippen molar-refractivity contribution in [1.82, 2.24) is 14.9 Å². The quantitative estimate of drug-likeness (QED) is 0.891. The SMILES string of the molecule is CC(C)N1Cc2c(Nc3ccc(F)cc3)nc(N3CCOCC3)nc2C1=O. The third-order valence-electron chi connectivity index (χ3n) is 4.81. The molecule has 2 aromatic rings. The molecule has 4 rings (SSSR count). The number of halogens is 1. The maximum Gasteiger partial charge on any atom is 0.273 e. The molecule has 0 atom stereocenters. The minimum Gasteiger partial charge on any atom is -0.378 e. The highest BCUT2D eigenvalue weighted by molar-refractivity contribution is 5.98. The number of anilines is 3. The number of fused-ring (bicyclic) bond motifs is 1. The number of carbonyl (C=O) groups excluding carboxylic acids is 1. The summed E-state index contributed by atoms with van der Waals surface area (Å²) in [6.07, 6.45) is 0. The van der Waals surface area contributed by atoms with Gasteiger partial charge in [0.25, 0.3) is 5.91 Å². The summed E-state index contributed by atoms with van der Waals surface area (Å²) >= 11 is 0. The summed E-state index contributed by atoms with van der Waals surface area (Å²) in [7, 11) is 0. The molecule has 2 aliphatic rings. The first kappa shape index (κ1) is 17.7. The van der Waals surface area contributed by atoms with E-state index in [4.69, 9.17) is 4.74 Å². The molecular formula is C19H22FN5O2. The summed E-state index contributed by atoms with van der Waals surface area (Å²) in [5.74, 6) is 0.716. The number of hydrogen-bond acceptors (Lipinski definition) is 6. The molecule has 1 amide bonds. The van der Waals surface area contributed by atoms with Gasteiger partial charge in [-0.1, -0.05) is 0 Å². The first-order valence-electron chi connectivity index (χ1n) is 9.10. The minimum atomic E-state index is -0.302. The van der Waals surface area contributed by atoms with Gasteiger partial charge in [-0.25, -0.2) is 9.37 Å². The number of nitrogens with zero attached hydrogens (tertiary/aromatic N) is 4. The lowest BCUT2D eigenvalue weighted by Gasteiger charge is -2.27. The predicted octanol–water partition coefficient (Wildman–Crippen LogP) is 2.56. The Bertz CT molecular complexity index is 850. The van der Waals surface area contributed by atoms with E-state index < -0.39 is 0 Å². The van der Waals surface area contributed by atoms with Gasteiger partial charge in [0.2, 0.25) is 5.95 Å². The second-order valence-corrected chi connectivity index (χ2v) is 6.96. The van der Waals surface area contributed by atoms with E-state index in [-0.39, 0.29) is 17.8 Å². The van der Waals surface area contributed by atoms with Crippen molar-refractivity contribution in [3.05, 3.63) is 41.3 Å². The van der Waals surface area contributed by atoms with E-state index in [9.17, 15) is 9.18 Å². The molecule has 3 heterocycles. The van der Waals surface area contributed by atoms with Crippen LogP contribution in [-0.4, -0.2) is 53.1 Å². The zero-order valence-electron chi connectivity index (χ0n) is 15.4. The lowest BCUT2D eigenvalue weighted by atomic mass is 10.2. The number of amides is 1. The molecular weight excluding hydrogens is 349 g/mol. The van der Waals surface area contributed by atoms with Crippen LogP contribution in [-0.2, 0) is 11.3 Å². The number of benzene rings is 1. The van der Waals surface area contributed by atoms with Gasteiger partial charge in [0.05, 0.1) is 19.8 Å². The molecule has 0 bridgehead atoms. The van der Waals surface area contributed by atoms with E-state index in [0.717, 1.165) is 5.56 Å². The summed E-state index contributed by atoms with van der Waals surface area (Å²) in [4.78, 5) is 25.9. The van der Waals surface area contributed by atoms with Gasteiger partial charge in [-0.05, 0) is 38.1 Å². The highest BCUT2D eigenvalue weighted by Crippen LogP contribution is 2.32. The fraction of sp³-hybridized carbons (Fsp3) is 0.421. The average Bonchev–Trinajstić information content (AvgIpc) is 3.02. The number of morpholine rings is 1. The van der Waals surface area contributed by atoms with Crippen molar-refractivity contribution < 1.29 is 13.9 Å². The molecule has 0 radical (unpaired) electrons. The lowest BCUT2D eigenvalue weighted by molar-refractivity contribution is 0.0726. The lowest BCUT2D eigenvalue weighted by Crippen LogP contribution is -2.37. The smallest absolute Gasteiger partial charge is 0.273 e. The Morgan fingerprint density at radius 2 is 1.85 bits per heavy atom. The van der Waals surface area contributed by atoms with Crippen molar-refractivity contribution in [2.45, 2.75) is 26.4 Å². The zero-order valence-corrected chi connectivity index (χ0v) is 15.4. The maximum absolute atomic E-state index is 13.2. The first-order valence-corrected chi connectivity index (χ1v) is 9.10. The van der Waals surface area contributed by atoms with Gasteiger partial charge in [0.1, 0.15) is 17.3 Å². The van der Waals surface area contributed by atoms with Crippen molar-refractivity contribution >= 4 is 23.4 Å². The molecule has 27 heavy (non-hydrogen) atoms. The highest BCUT2D eigenvalue weighted by atomic mass is 19.1. The van der Waals surface area contributed by atoms with Gasteiger partial charge in [-0.15, -0.1) is 0 Å². The van der Waals surface area contributed by atoms with Gasteiger partial charge in [-0.3, -0.25) is 4.79 Å². The molecule has 1 aromatic heterocycles. The van der Waals surface area contributed by atoms with E-state index >= 15 is 0 Å². The molecule has 0 spiro atoms. The summed E-state index contributed by atoms with van der Waals surface area (Å²) < 4.78 is 18.6. The number of rotatable bonds is 4. The van der Waals surface area contributed by atoms with Crippen LogP contribution >= 0.6 is 0 Å². The van der Waals surface area contributed by atoms with Crippen LogP contribution in [0.4, 0.5) is 21.8 Å². The van der Waals surface area contributed by atoms with Gasteiger partial charge in [0, 0.05) is 30.4 Å². The Kier molecular flexibility index (Phi) is 4.65. The Hall–Kier alpha value is -2.74. The van der Waals surface area contributed by atoms with E-state index in [1.54, 1.807) is 17.0 Å². The zero-order chi connectivity index (χ0) is 19.0. The van der Waals surface area contributed by atoms with Gasteiger partial charge in [0.15, 0.2) is 0 Å². The summed E-state index contributed by atoms with van der Waals surface area (Å²) in [5, 5.41) is 3.24. The molecule has 7 nitrogen and oxygen atoms in total. The highest BCUT2D eigenvalue weighted by Gasteiger charge is 2.35. The maximum atomic E-state index is 13.2.